The van der Waals surface area contributed by atoms with E-state index in [9.17, 15) is 9.59 Å². The van der Waals surface area contributed by atoms with Crippen LogP contribution in [0.4, 0.5) is 0 Å². The molecule has 0 radical (unpaired) electrons. The summed E-state index contributed by atoms with van der Waals surface area (Å²) < 4.78 is 5.46. The lowest BCUT2D eigenvalue weighted by Crippen LogP contribution is -2.30. The fourth-order valence-corrected chi connectivity index (χ4v) is 3.10. The number of hydrogen-bond acceptors (Lipinski definition) is 6. The Morgan fingerprint density at radius 2 is 2.18 bits per heavy atom. The van der Waals surface area contributed by atoms with Gasteiger partial charge in [-0.2, -0.15) is 0 Å². The van der Waals surface area contributed by atoms with E-state index in [4.69, 9.17) is 17.0 Å². The molecule has 2 heterocycles. The van der Waals surface area contributed by atoms with Gasteiger partial charge in [-0.1, -0.05) is 30.9 Å². The van der Waals surface area contributed by atoms with E-state index in [1.54, 1.807) is 18.5 Å². The number of carbonyl (C=O) groups is 2. The zero-order chi connectivity index (χ0) is 15.9. The van der Waals surface area contributed by atoms with Crippen LogP contribution in [0.5, 0.6) is 0 Å². The summed E-state index contributed by atoms with van der Waals surface area (Å²) in [5, 5.41) is 0. The van der Waals surface area contributed by atoms with Crippen molar-refractivity contribution in [1.29, 1.82) is 0 Å². The number of thioether (sulfide) groups is 1. The van der Waals surface area contributed by atoms with E-state index in [0.717, 1.165) is 12.0 Å². The van der Waals surface area contributed by atoms with Crippen molar-refractivity contribution >= 4 is 46.3 Å². The summed E-state index contributed by atoms with van der Waals surface area (Å²) in [6.45, 7) is 2.58. The minimum atomic E-state index is -0.311. The molecule has 22 heavy (non-hydrogen) atoms. The van der Waals surface area contributed by atoms with Gasteiger partial charge in [0.1, 0.15) is 4.32 Å². The molecule has 0 N–H and O–H groups in total. The molecule has 0 aliphatic carbocycles. The Labute approximate surface area is 138 Å². The third kappa shape index (κ3) is 4.38. The van der Waals surface area contributed by atoms with E-state index in [2.05, 4.69) is 4.98 Å². The van der Waals surface area contributed by atoms with E-state index in [-0.39, 0.29) is 24.8 Å². The fourth-order valence-electron chi connectivity index (χ4n) is 1.79. The van der Waals surface area contributed by atoms with Gasteiger partial charge >= 0.3 is 5.97 Å². The van der Waals surface area contributed by atoms with Crippen LogP contribution in [0.25, 0.3) is 6.08 Å². The molecule has 1 aromatic rings. The van der Waals surface area contributed by atoms with Crippen LogP contribution >= 0.6 is 24.0 Å². The summed E-state index contributed by atoms with van der Waals surface area (Å²) in [7, 11) is 0. The van der Waals surface area contributed by atoms with Crippen molar-refractivity contribution in [3.63, 3.8) is 0 Å². The Morgan fingerprint density at radius 3 is 2.86 bits per heavy atom. The maximum Gasteiger partial charge on any atom is 0.307 e. The molecule has 0 atom stereocenters. The zero-order valence-electron chi connectivity index (χ0n) is 12.2. The van der Waals surface area contributed by atoms with Gasteiger partial charge in [-0.05, 0) is 30.2 Å². The first-order valence-corrected chi connectivity index (χ1v) is 8.15. The van der Waals surface area contributed by atoms with Crippen molar-refractivity contribution in [3.05, 3.63) is 35.0 Å². The number of rotatable bonds is 6. The molecule has 116 valence electrons. The van der Waals surface area contributed by atoms with E-state index in [1.807, 2.05) is 19.1 Å². The van der Waals surface area contributed by atoms with Crippen LogP contribution < -0.4 is 0 Å². The average Bonchev–Trinajstić information content (AvgIpc) is 2.78. The van der Waals surface area contributed by atoms with Crippen LogP contribution in [0.15, 0.2) is 29.4 Å². The second kappa shape index (κ2) is 8.05. The number of esters is 1. The van der Waals surface area contributed by atoms with Gasteiger partial charge in [0, 0.05) is 18.9 Å². The number of pyridine rings is 1. The first kappa shape index (κ1) is 16.6. The molecular weight excluding hydrogens is 320 g/mol. The Morgan fingerprint density at radius 1 is 1.45 bits per heavy atom. The van der Waals surface area contributed by atoms with Crippen LogP contribution in [0, 0.1) is 0 Å². The molecule has 1 aliphatic rings. The maximum absolute atomic E-state index is 12.3. The van der Waals surface area contributed by atoms with E-state index in [0.29, 0.717) is 15.8 Å². The Kier molecular flexibility index (Phi) is 6.09. The highest BCUT2D eigenvalue weighted by molar-refractivity contribution is 8.26. The SMILES string of the molecule is CCCOC(=O)CCN1C(=O)/C(=C/c2ccncc2)SC1=S. The van der Waals surface area contributed by atoms with Crippen LogP contribution in [0.3, 0.4) is 0 Å². The molecular formula is C15H16N2O3S2. The molecule has 0 unspecified atom stereocenters. The van der Waals surface area contributed by atoms with Crippen molar-refractivity contribution < 1.29 is 14.3 Å². The average molecular weight is 336 g/mol. The molecule has 5 nitrogen and oxygen atoms in total. The van der Waals surface area contributed by atoms with Crippen molar-refractivity contribution in [2.45, 2.75) is 19.8 Å². The van der Waals surface area contributed by atoms with E-state index < -0.39 is 0 Å². The minimum absolute atomic E-state index is 0.148. The number of ether oxygens (including phenoxy) is 1. The van der Waals surface area contributed by atoms with Gasteiger partial charge in [-0.15, -0.1) is 0 Å². The Hall–Kier alpha value is -1.73. The summed E-state index contributed by atoms with van der Waals surface area (Å²) in [4.78, 5) is 29.8. The number of thiocarbonyl (C=S) groups is 1. The number of nitrogens with zero attached hydrogens (tertiary/aromatic N) is 2. The third-order valence-electron chi connectivity index (χ3n) is 2.88. The van der Waals surface area contributed by atoms with Crippen molar-refractivity contribution in [2.75, 3.05) is 13.2 Å². The quantitative estimate of drug-likeness (QED) is 0.452. The maximum atomic E-state index is 12.3. The number of aromatic nitrogens is 1. The summed E-state index contributed by atoms with van der Waals surface area (Å²) in [6.07, 6.45) is 6.03. The lowest BCUT2D eigenvalue weighted by molar-refractivity contribution is -0.143. The summed E-state index contributed by atoms with van der Waals surface area (Å²) in [6, 6.07) is 3.63. The first-order chi connectivity index (χ1) is 10.6. The Balaban J connectivity index is 1.97. The van der Waals surface area contributed by atoms with E-state index in [1.165, 1.54) is 16.7 Å². The van der Waals surface area contributed by atoms with Crippen LogP contribution in [0.1, 0.15) is 25.3 Å². The smallest absolute Gasteiger partial charge is 0.307 e. The van der Waals surface area contributed by atoms with Crippen LogP contribution in [-0.2, 0) is 14.3 Å². The highest BCUT2D eigenvalue weighted by Crippen LogP contribution is 2.32. The molecule has 1 amide bonds. The molecule has 1 fully saturated rings. The molecule has 2 rings (SSSR count). The molecule has 7 heteroatoms. The topological polar surface area (TPSA) is 59.5 Å². The molecule has 0 bridgehead atoms. The van der Waals surface area contributed by atoms with Crippen molar-refractivity contribution in [1.82, 2.24) is 9.88 Å². The summed E-state index contributed by atoms with van der Waals surface area (Å²) in [5.41, 5.74) is 0.887. The van der Waals surface area contributed by atoms with Crippen molar-refractivity contribution in [2.24, 2.45) is 0 Å². The lowest BCUT2D eigenvalue weighted by atomic mass is 10.2. The molecule has 1 saturated heterocycles. The molecule has 0 aromatic carbocycles. The van der Waals surface area contributed by atoms with Gasteiger partial charge in [-0.25, -0.2) is 0 Å². The van der Waals surface area contributed by atoms with Gasteiger partial charge in [0.2, 0.25) is 0 Å². The van der Waals surface area contributed by atoms with Crippen molar-refractivity contribution in [3.8, 4) is 0 Å². The highest BCUT2D eigenvalue weighted by Gasteiger charge is 2.32. The van der Waals surface area contributed by atoms with Gasteiger partial charge in [0.25, 0.3) is 5.91 Å². The van der Waals surface area contributed by atoms with E-state index >= 15 is 0 Å². The van der Waals surface area contributed by atoms with Crippen LogP contribution in [0.2, 0.25) is 0 Å². The largest absolute Gasteiger partial charge is 0.466 e. The van der Waals surface area contributed by atoms with Crippen LogP contribution in [-0.4, -0.2) is 39.2 Å². The van der Waals surface area contributed by atoms with Gasteiger partial charge in [0.05, 0.1) is 17.9 Å². The second-order valence-electron chi connectivity index (χ2n) is 4.58. The normalized spacial score (nSPS) is 16.4. The number of hydrogen-bond donors (Lipinski definition) is 0. The molecule has 1 aliphatic heterocycles. The predicted octanol–water partition coefficient (Wildman–Crippen LogP) is 2.63. The first-order valence-electron chi connectivity index (χ1n) is 6.93. The molecule has 0 spiro atoms. The standard InChI is InChI=1S/C15H16N2O3S2/c1-2-9-20-13(18)5-8-17-14(19)12(22-15(17)21)10-11-3-6-16-7-4-11/h3-4,6-7,10H,2,5,8-9H2,1H3/b12-10-. The van der Waals surface area contributed by atoms with Gasteiger partial charge in [0.15, 0.2) is 0 Å². The Bertz CT molecular complexity index is 602. The number of carbonyl (C=O) groups excluding carboxylic acids is 2. The zero-order valence-corrected chi connectivity index (χ0v) is 13.8. The predicted molar refractivity (Wildman–Crippen MR) is 90.0 cm³/mol. The van der Waals surface area contributed by atoms with Gasteiger partial charge < -0.3 is 4.74 Å². The molecule has 0 saturated carbocycles. The molecule has 1 aromatic heterocycles. The number of amides is 1. The second-order valence-corrected chi connectivity index (χ2v) is 6.26. The van der Waals surface area contributed by atoms with Gasteiger partial charge in [-0.3, -0.25) is 19.5 Å². The summed E-state index contributed by atoms with van der Waals surface area (Å²) in [5.74, 6) is -0.482. The third-order valence-corrected chi connectivity index (χ3v) is 4.26. The fraction of sp³-hybridized carbons (Fsp3) is 0.333. The summed E-state index contributed by atoms with van der Waals surface area (Å²) >= 11 is 6.46. The lowest BCUT2D eigenvalue weighted by Gasteiger charge is -2.13. The monoisotopic (exact) mass is 336 g/mol. The highest BCUT2D eigenvalue weighted by atomic mass is 32.2. The minimum Gasteiger partial charge on any atom is -0.466 e.